The summed E-state index contributed by atoms with van der Waals surface area (Å²) in [6.45, 7) is 1.60. The van der Waals surface area contributed by atoms with Gasteiger partial charge >= 0.3 is 0 Å². The molecule has 0 radical (unpaired) electrons. The summed E-state index contributed by atoms with van der Waals surface area (Å²) in [5, 5.41) is 7.45. The van der Waals surface area contributed by atoms with Gasteiger partial charge in [-0.05, 0) is 12.1 Å². The third kappa shape index (κ3) is 2.92. The minimum absolute atomic E-state index is 0.750. The number of aryl methyl sites for hydroxylation is 1. The highest BCUT2D eigenvalue weighted by atomic mass is 16.3. The predicted molar refractivity (Wildman–Crippen MR) is 55.1 cm³/mol. The maximum absolute atomic E-state index is 5.19. The molecule has 2 aromatic rings. The van der Waals surface area contributed by atoms with Gasteiger partial charge in [0.25, 0.3) is 0 Å². The molecule has 0 aliphatic heterocycles. The summed E-state index contributed by atoms with van der Waals surface area (Å²) >= 11 is 0. The van der Waals surface area contributed by atoms with Gasteiger partial charge in [0, 0.05) is 20.0 Å². The highest BCUT2D eigenvalue weighted by Gasteiger charge is 1.98. The van der Waals surface area contributed by atoms with E-state index >= 15 is 0 Å². The SMILES string of the molecule is Cn1cnc(CCNCc2ccco2)n1. The van der Waals surface area contributed by atoms with Gasteiger partial charge in [0.1, 0.15) is 12.1 Å². The zero-order chi connectivity index (χ0) is 10.5. The normalized spacial score (nSPS) is 10.7. The molecule has 0 saturated heterocycles. The van der Waals surface area contributed by atoms with Gasteiger partial charge in [-0.15, -0.1) is 0 Å². The van der Waals surface area contributed by atoms with Crippen LogP contribution in [-0.2, 0) is 20.0 Å². The maximum Gasteiger partial charge on any atom is 0.151 e. The van der Waals surface area contributed by atoms with Crippen LogP contribution < -0.4 is 5.32 Å². The van der Waals surface area contributed by atoms with Gasteiger partial charge in [0.15, 0.2) is 5.82 Å². The maximum atomic E-state index is 5.19. The summed E-state index contributed by atoms with van der Waals surface area (Å²) < 4.78 is 6.90. The number of aromatic nitrogens is 3. The Morgan fingerprint density at radius 1 is 1.53 bits per heavy atom. The van der Waals surface area contributed by atoms with E-state index in [2.05, 4.69) is 15.4 Å². The van der Waals surface area contributed by atoms with E-state index in [9.17, 15) is 0 Å². The zero-order valence-corrected chi connectivity index (χ0v) is 8.68. The van der Waals surface area contributed by atoms with Gasteiger partial charge in [-0.25, -0.2) is 4.98 Å². The van der Waals surface area contributed by atoms with Crippen LogP contribution in [0, 0.1) is 0 Å². The molecule has 0 aromatic carbocycles. The van der Waals surface area contributed by atoms with E-state index < -0.39 is 0 Å². The smallest absolute Gasteiger partial charge is 0.151 e. The summed E-state index contributed by atoms with van der Waals surface area (Å²) in [7, 11) is 1.87. The largest absolute Gasteiger partial charge is 0.468 e. The van der Waals surface area contributed by atoms with E-state index in [0.717, 1.165) is 31.1 Å². The van der Waals surface area contributed by atoms with Gasteiger partial charge < -0.3 is 9.73 Å². The van der Waals surface area contributed by atoms with E-state index in [-0.39, 0.29) is 0 Å². The first-order chi connectivity index (χ1) is 7.34. The highest BCUT2D eigenvalue weighted by Crippen LogP contribution is 1.98. The van der Waals surface area contributed by atoms with Crippen LogP contribution >= 0.6 is 0 Å². The minimum Gasteiger partial charge on any atom is -0.468 e. The van der Waals surface area contributed by atoms with Crippen molar-refractivity contribution in [1.29, 1.82) is 0 Å². The fourth-order valence-corrected chi connectivity index (χ4v) is 1.32. The topological polar surface area (TPSA) is 55.9 Å². The second kappa shape index (κ2) is 4.75. The molecule has 2 aromatic heterocycles. The molecular formula is C10H14N4O. The standard InChI is InChI=1S/C10H14N4O/c1-14-8-12-10(13-14)4-5-11-7-9-3-2-6-15-9/h2-3,6,8,11H,4-5,7H2,1H3. The second-order valence-electron chi connectivity index (χ2n) is 3.34. The van der Waals surface area contributed by atoms with Crippen molar-refractivity contribution in [1.82, 2.24) is 20.1 Å². The summed E-state index contributed by atoms with van der Waals surface area (Å²) in [5.41, 5.74) is 0. The van der Waals surface area contributed by atoms with Gasteiger partial charge in [0.05, 0.1) is 12.8 Å². The Bertz CT molecular complexity index is 393. The summed E-state index contributed by atoms with van der Waals surface area (Å²) in [6.07, 6.45) is 4.22. The average Bonchev–Trinajstić information content (AvgIpc) is 2.84. The number of furan rings is 1. The third-order valence-corrected chi connectivity index (χ3v) is 2.05. The Kier molecular flexibility index (Phi) is 3.14. The van der Waals surface area contributed by atoms with E-state index in [4.69, 9.17) is 4.42 Å². The molecule has 0 aliphatic carbocycles. The van der Waals surface area contributed by atoms with Crippen molar-refractivity contribution in [3.63, 3.8) is 0 Å². The van der Waals surface area contributed by atoms with Crippen molar-refractivity contribution in [3.8, 4) is 0 Å². The number of rotatable bonds is 5. The van der Waals surface area contributed by atoms with Crippen molar-refractivity contribution in [3.05, 3.63) is 36.3 Å². The van der Waals surface area contributed by atoms with Crippen molar-refractivity contribution in [2.24, 2.45) is 7.05 Å². The Labute approximate surface area is 88.1 Å². The van der Waals surface area contributed by atoms with E-state index in [1.165, 1.54) is 0 Å². The first-order valence-corrected chi connectivity index (χ1v) is 4.92. The molecule has 0 fully saturated rings. The van der Waals surface area contributed by atoms with Gasteiger partial charge in [0.2, 0.25) is 0 Å². The lowest BCUT2D eigenvalue weighted by atomic mass is 10.4. The molecule has 80 valence electrons. The molecule has 0 spiro atoms. The fourth-order valence-electron chi connectivity index (χ4n) is 1.32. The third-order valence-electron chi connectivity index (χ3n) is 2.05. The molecular weight excluding hydrogens is 192 g/mol. The highest BCUT2D eigenvalue weighted by molar-refractivity contribution is 4.97. The average molecular weight is 206 g/mol. The minimum atomic E-state index is 0.750. The molecule has 0 amide bonds. The number of hydrogen-bond donors (Lipinski definition) is 1. The van der Waals surface area contributed by atoms with Crippen LogP contribution in [0.3, 0.4) is 0 Å². The molecule has 5 heteroatoms. The van der Waals surface area contributed by atoms with Gasteiger partial charge in [-0.1, -0.05) is 0 Å². The number of nitrogens with zero attached hydrogens (tertiary/aromatic N) is 3. The molecule has 0 bridgehead atoms. The summed E-state index contributed by atoms with van der Waals surface area (Å²) in [5.74, 6) is 1.81. The van der Waals surface area contributed by atoms with Crippen LogP contribution in [0.1, 0.15) is 11.6 Å². The van der Waals surface area contributed by atoms with Crippen LogP contribution in [0.15, 0.2) is 29.1 Å². The Morgan fingerprint density at radius 2 is 2.47 bits per heavy atom. The zero-order valence-electron chi connectivity index (χ0n) is 8.68. The summed E-state index contributed by atoms with van der Waals surface area (Å²) in [4.78, 5) is 4.14. The molecule has 2 heterocycles. The van der Waals surface area contributed by atoms with Gasteiger partial charge in [-0.2, -0.15) is 5.10 Å². The van der Waals surface area contributed by atoms with Crippen molar-refractivity contribution in [2.75, 3.05) is 6.54 Å². The van der Waals surface area contributed by atoms with E-state index in [1.807, 2.05) is 19.2 Å². The Hall–Kier alpha value is -1.62. The molecule has 0 saturated carbocycles. The lowest BCUT2D eigenvalue weighted by molar-refractivity contribution is 0.483. The number of nitrogens with one attached hydrogen (secondary N) is 1. The fraction of sp³-hybridized carbons (Fsp3) is 0.400. The van der Waals surface area contributed by atoms with Crippen LogP contribution in [0.5, 0.6) is 0 Å². The molecule has 1 N–H and O–H groups in total. The lowest BCUT2D eigenvalue weighted by Gasteiger charge is -1.99. The summed E-state index contributed by atoms with van der Waals surface area (Å²) in [6, 6.07) is 3.84. The second-order valence-corrected chi connectivity index (χ2v) is 3.34. The van der Waals surface area contributed by atoms with Gasteiger partial charge in [-0.3, -0.25) is 4.68 Å². The Balaban J connectivity index is 1.67. The molecule has 0 atom stereocenters. The molecule has 0 unspecified atom stereocenters. The first kappa shape index (κ1) is 9.92. The van der Waals surface area contributed by atoms with Crippen LogP contribution in [0.4, 0.5) is 0 Å². The van der Waals surface area contributed by atoms with Crippen molar-refractivity contribution >= 4 is 0 Å². The lowest BCUT2D eigenvalue weighted by Crippen LogP contribution is -2.16. The Morgan fingerprint density at radius 3 is 3.13 bits per heavy atom. The van der Waals surface area contributed by atoms with Crippen molar-refractivity contribution < 1.29 is 4.42 Å². The predicted octanol–water partition coefficient (Wildman–Crippen LogP) is 0.740. The molecule has 5 nitrogen and oxygen atoms in total. The van der Waals surface area contributed by atoms with E-state index in [0.29, 0.717) is 0 Å². The molecule has 15 heavy (non-hydrogen) atoms. The quantitative estimate of drug-likeness (QED) is 0.733. The van der Waals surface area contributed by atoms with Crippen molar-refractivity contribution in [2.45, 2.75) is 13.0 Å². The van der Waals surface area contributed by atoms with Crippen LogP contribution in [0.2, 0.25) is 0 Å². The van der Waals surface area contributed by atoms with Crippen LogP contribution in [0.25, 0.3) is 0 Å². The molecule has 2 rings (SSSR count). The number of hydrogen-bond acceptors (Lipinski definition) is 4. The molecule has 0 aliphatic rings. The van der Waals surface area contributed by atoms with Crippen LogP contribution in [-0.4, -0.2) is 21.3 Å². The monoisotopic (exact) mass is 206 g/mol. The van der Waals surface area contributed by atoms with E-state index in [1.54, 1.807) is 17.3 Å². The first-order valence-electron chi connectivity index (χ1n) is 4.92.